The summed E-state index contributed by atoms with van der Waals surface area (Å²) >= 11 is 1.85. The molecule has 9 heteroatoms. The van der Waals surface area contributed by atoms with Crippen molar-refractivity contribution in [3.05, 3.63) is 34.2 Å². The molecule has 1 fully saturated rings. The lowest BCUT2D eigenvalue weighted by molar-refractivity contribution is -0.130. The molecule has 2 aromatic rings. The van der Waals surface area contributed by atoms with Gasteiger partial charge >= 0.3 is 0 Å². The largest absolute Gasteiger partial charge is 0.493 e. The third kappa shape index (κ3) is 5.53. The molecule has 30 heavy (non-hydrogen) atoms. The number of aryl methyl sites for hydroxylation is 1. The highest BCUT2D eigenvalue weighted by Crippen LogP contribution is 2.32. The Morgan fingerprint density at radius 3 is 2.70 bits per heavy atom. The zero-order chi connectivity index (χ0) is 21.5. The smallest absolute Gasteiger partial charge is 0.273 e. The molecule has 1 aromatic heterocycles. The molecule has 0 spiro atoms. The Kier molecular flexibility index (Phi) is 7.73. The minimum absolute atomic E-state index is 0.0576. The fourth-order valence-electron chi connectivity index (χ4n) is 3.06. The summed E-state index contributed by atoms with van der Waals surface area (Å²) in [5.74, 6) is 3.53. The second-order valence-corrected chi connectivity index (χ2v) is 8.37. The zero-order valence-corrected chi connectivity index (χ0v) is 18.5. The second-order valence-electron chi connectivity index (χ2n) is 7.14. The Balaban J connectivity index is 1.70. The number of methoxy groups -OCH3 is 1. The number of carbonyl (C=O) groups excluding carboxylic acids is 1. The lowest BCUT2D eigenvalue weighted by atomic mass is 10.2. The highest BCUT2D eigenvalue weighted by Gasteiger charge is 2.18. The van der Waals surface area contributed by atoms with Crippen LogP contribution in [0, 0.1) is 0 Å². The van der Waals surface area contributed by atoms with Gasteiger partial charge in [-0.05, 0) is 31.5 Å². The second kappa shape index (κ2) is 10.5. The summed E-state index contributed by atoms with van der Waals surface area (Å²) < 4.78 is 11.3. The molecule has 0 aliphatic carbocycles. The standard InChI is InChI=1S/C21H28N4O4S/c1-4-14(2)29-17-7-5-15(13-18(17)28-3)20-22-21(27)16(23-24-20)6-8-19(26)25-9-11-30-12-10-25/h5,7,13-14H,4,6,8-12H2,1-3H3,(H,22,24,27). The Labute approximate surface area is 180 Å². The van der Waals surface area contributed by atoms with E-state index in [-0.39, 0.29) is 36.1 Å². The van der Waals surface area contributed by atoms with Gasteiger partial charge in [-0.25, -0.2) is 0 Å². The van der Waals surface area contributed by atoms with E-state index >= 15 is 0 Å². The zero-order valence-electron chi connectivity index (χ0n) is 17.6. The highest BCUT2D eigenvalue weighted by atomic mass is 32.2. The third-order valence-corrected chi connectivity index (χ3v) is 5.99. The molecule has 1 aliphatic rings. The van der Waals surface area contributed by atoms with Crippen molar-refractivity contribution in [2.75, 3.05) is 31.7 Å². The number of thioether (sulfide) groups is 1. The summed E-state index contributed by atoms with van der Waals surface area (Å²) in [5, 5.41) is 8.22. The molecule has 1 saturated heterocycles. The summed E-state index contributed by atoms with van der Waals surface area (Å²) in [5.41, 5.74) is 0.601. The number of hydrogen-bond donors (Lipinski definition) is 1. The van der Waals surface area contributed by atoms with Crippen LogP contribution >= 0.6 is 11.8 Å². The molecule has 0 bridgehead atoms. The Morgan fingerprint density at radius 1 is 1.27 bits per heavy atom. The monoisotopic (exact) mass is 432 g/mol. The molecule has 2 heterocycles. The maximum absolute atomic E-state index is 12.5. The number of ether oxygens (including phenoxy) is 2. The molecular formula is C21H28N4O4S. The van der Waals surface area contributed by atoms with Crippen LogP contribution in [0.3, 0.4) is 0 Å². The van der Waals surface area contributed by atoms with E-state index < -0.39 is 0 Å². The summed E-state index contributed by atoms with van der Waals surface area (Å²) in [6.07, 6.45) is 1.48. The first kappa shape index (κ1) is 22.1. The predicted molar refractivity (Wildman–Crippen MR) is 117 cm³/mol. The molecule has 1 atom stereocenters. The van der Waals surface area contributed by atoms with Gasteiger partial charge in [0.2, 0.25) is 5.91 Å². The van der Waals surface area contributed by atoms with Gasteiger partial charge in [-0.2, -0.15) is 11.8 Å². The van der Waals surface area contributed by atoms with Crippen LogP contribution < -0.4 is 15.0 Å². The first-order valence-corrected chi connectivity index (χ1v) is 11.3. The summed E-state index contributed by atoms with van der Waals surface area (Å²) in [7, 11) is 1.57. The molecule has 162 valence electrons. The van der Waals surface area contributed by atoms with Gasteiger partial charge in [0.25, 0.3) is 5.56 Å². The Bertz CT molecular complexity index is 927. The van der Waals surface area contributed by atoms with Crippen LogP contribution in [0.2, 0.25) is 0 Å². The number of nitrogens with one attached hydrogen (secondary N) is 1. The molecule has 1 amide bonds. The predicted octanol–water partition coefficient (Wildman–Crippen LogP) is 2.53. The van der Waals surface area contributed by atoms with Crippen LogP contribution in [-0.2, 0) is 11.2 Å². The van der Waals surface area contributed by atoms with E-state index in [2.05, 4.69) is 15.2 Å². The van der Waals surface area contributed by atoms with E-state index in [0.717, 1.165) is 31.0 Å². The van der Waals surface area contributed by atoms with Crippen molar-refractivity contribution < 1.29 is 14.3 Å². The van der Waals surface area contributed by atoms with Crippen LogP contribution in [0.25, 0.3) is 11.4 Å². The molecule has 0 radical (unpaired) electrons. The Hall–Kier alpha value is -2.55. The van der Waals surface area contributed by atoms with Gasteiger partial charge in [0.05, 0.1) is 13.2 Å². The molecule has 0 saturated carbocycles. The van der Waals surface area contributed by atoms with Gasteiger partial charge in [0.1, 0.15) is 5.69 Å². The number of aromatic nitrogens is 3. The number of benzene rings is 1. The van der Waals surface area contributed by atoms with Crippen molar-refractivity contribution in [2.45, 2.75) is 39.2 Å². The van der Waals surface area contributed by atoms with Crippen molar-refractivity contribution in [3.8, 4) is 22.9 Å². The number of amides is 1. The lowest BCUT2D eigenvalue weighted by Crippen LogP contribution is -2.38. The average molecular weight is 433 g/mol. The SMILES string of the molecule is CCC(C)Oc1ccc(-c2nnc(CCC(=O)N3CCSCC3)c(=O)[nH]2)cc1OC. The number of H-pyrrole nitrogens is 1. The third-order valence-electron chi connectivity index (χ3n) is 5.04. The van der Waals surface area contributed by atoms with E-state index in [9.17, 15) is 9.59 Å². The summed E-state index contributed by atoms with van der Waals surface area (Å²) in [6, 6.07) is 5.36. The molecule has 3 rings (SSSR count). The van der Waals surface area contributed by atoms with E-state index in [1.165, 1.54) is 0 Å². The van der Waals surface area contributed by atoms with Gasteiger partial charge in [0.15, 0.2) is 17.3 Å². The average Bonchev–Trinajstić information content (AvgIpc) is 2.78. The number of hydrogen-bond acceptors (Lipinski definition) is 7. The van der Waals surface area contributed by atoms with Crippen LogP contribution in [-0.4, -0.2) is 63.8 Å². The molecule has 1 aromatic carbocycles. The lowest BCUT2D eigenvalue weighted by Gasteiger charge is -2.26. The van der Waals surface area contributed by atoms with E-state index in [1.54, 1.807) is 25.3 Å². The quantitative estimate of drug-likeness (QED) is 0.684. The molecule has 1 unspecified atom stereocenters. The summed E-state index contributed by atoms with van der Waals surface area (Å²) in [4.78, 5) is 29.4. The van der Waals surface area contributed by atoms with Crippen molar-refractivity contribution in [3.63, 3.8) is 0 Å². The van der Waals surface area contributed by atoms with Crippen molar-refractivity contribution in [1.82, 2.24) is 20.1 Å². The first-order valence-electron chi connectivity index (χ1n) is 10.2. The molecule has 8 nitrogen and oxygen atoms in total. The number of rotatable bonds is 8. The van der Waals surface area contributed by atoms with Crippen molar-refractivity contribution in [2.24, 2.45) is 0 Å². The minimum Gasteiger partial charge on any atom is -0.493 e. The van der Waals surface area contributed by atoms with Crippen molar-refractivity contribution in [1.29, 1.82) is 0 Å². The Morgan fingerprint density at radius 2 is 2.03 bits per heavy atom. The highest BCUT2D eigenvalue weighted by molar-refractivity contribution is 7.99. The fraction of sp³-hybridized carbons (Fsp3) is 0.524. The van der Waals surface area contributed by atoms with E-state index in [1.807, 2.05) is 30.5 Å². The van der Waals surface area contributed by atoms with Crippen LogP contribution in [0.15, 0.2) is 23.0 Å². The normalized spacial score (nSPS) is 15.0. The minimum atomic E-state index is -0.333. The van der Waals surface area contributed by atoms with Crippen LogP contribution in [0.4, 0.5) is 0 Å². The number of carbonyl (C=O) groups is 1. The molecule has 1 N–H and O–H groups in total. The van der Waals surface area contributed by atoms with Gasteiger partial charge in [-0.15, -0.1) is 10.2 Å². The van der Waals surface area contributed by atoms with Gasteiger partial charge in [0, 0.05) is 43.0 Å². The maximum Gasteiger partial charge on any atom is 0.273 e. The molecule has 1 aliphatic heterocycles. The van der Waals surface area contributed by atoms with Crippen molar-refractivity contribution >= 4 is 17.7 Å². The van der Waals surface area contributed by atoms with E-state index in [0.29, 0.717) is 22.9 Å². The summed E-state index contributed by atoms with van der Waals surface area (Å²) in [6.45, 7) is 5.57. The van der Waals surface area contributed by atoms with Gasteiger partial charge in [-0.1, -0.05) is 6.92 Å². The fourth-order valence-corrected chi connectivity index (χ4v) is 3.97. The number of aromatic amines is 1. The maximum atomic E-state index is 12.5. The van der Waals surface area contributed by atoms with Gasteiger partial charge < -0.3 is 19.4 Å². The van der Waals surface area contributed by atoms with E-state index in [4.69, 9.17) is 9.47 Å². The van der Waals surface area contributed by atoms with Crippen LogP contribution in [0.1, 0.15) is 32.4 Å². The van der Waals surface area contributed by atoms with Gasteiger partial charge in [-0.3, -0.25) is 9.59 Å². The van der Waals surface area contributed by atoms with Crippen LogP contribution in [0.5, 0.6) is 11.5 Å². The molecular weight excluding hydrogens is 404 g/mol. The first-order chi connectivity index (χ1) is 14.5. The topological polar surface area (TPSA) is 97.4 Å². The number of nitrogens with zero attached hydrogens (tertiary/aromatic N) is 3.